The maximum absolute atomic E-state index is 12.9. The maximum Gasteiger partial charge on any atom is 0.410 e. The summed E-state index contributed by atoms with van der Waals surface area (Å²) in [4.78, 5) is 46.6. The SMILES string of the molecule is CC(CCN1C(=O)c2ccccc2C1=O)N1CCC(N(Cc2cccc(C#N)c2)c2ccc3c(c2)CN(C(=O)OC(C)(C)C)C3)CC1. The normalized spacial score (nSPS) is 17.3. The van der Waals surface area contributed by atoms with Gasteiger partial charge in [0.1, 0.15) is 5.60 Å². The second kappa shape index (κ2) is 13.2. The van der Waals surface area contributed by atoms with Crippen molar-refractivity contribution in [3.05, 3.63) is 100 Å². The van der Waals surface area contributed by atoms with Gasteiger partial charge in [0.2, 0.25) is 0 Å². The van der Waals surface area contributed by atoms with Gasteiger partial charge >= 0.3 is 6.09 Å². The largest absolute Gasteiger partial charge is 0.444 e. The van der Waals surface area contributed by atoms with Crippen LogP contribution in [-0.2, 0) is 24.4 Å². The second-order valence-corrected chi connectivity index (χ2v) is 13.9. The van der Waals surface area contributed by atoms with Crippen LogP contribution in [0.15, 0.2) is 66.7 Å². The van der Waals surface area contributed by atoms with Gasteiger partial charge in [0, 0.05) is 57.0 Å². The quantitative estimate of drug-likeness (QED) is 0.267. The Bertz CT molecular complexity index is 1680. The molecule has 3 aliphatic rings. The number of nitrogens with zero attached hydrogens (tertiary/aromatic N) is 5. The lowest BCUT2D eigenvalue weighted by atomic mass is 9.98. The molecule has 3 aliphatic heterocycles. The number of likely N-dealkylation sites (tertiary alicyclic amines) is 1. The van der Waals surface area contributed by atoms with E-state index >= 15 is 0 Å². The number of nitriles is 1. The molecule has 0 spiro atoms. The molecular weight excluding hydrogens is 590 g/mol. The molecule has 3 aromatic carbocycles. The molecule has 1 unspecified atom stereocenters. The van der Waals surface area contributed by atoms with Crippen LogP contribution in [0.3, 0.4) is 0 Å². The number of amides is 3. The van der Waals surface area contributed by atoms with E-state index in [-0.39, 0.29) is 30.0 Å². The molecule has 1 saturated heterocycles. The second-order valence-electron chi connectivity index (χ2n) is 13.9. The summed E-state index contributed by atoms with van der Waals surface area (Å²) in [6.07, 6.45) is 2.33. The Morgan fingerprint density at radius 2 is 1.64 bits per heavy atom. The first-order chi connectivity index (χ1) is 22.5. The van der Waals surface area contributed by atoms with Crippen molar-refractivity contribution in [3.63, 3.8) is 0 Å². The van der Waals surface area contributed by atoms with Crippen LogP contribution in [0.25, 0.3) is 0 Å². The average Bonchev–Trinajstić information content (AvgIpc) is 3.60. The summed E-state index contributed by atoms with van der Waals surface area (Å²) in [5, 5.41) is 9.52. The minimum atomic E-state index is -0.549. The standard InChI is InChI=1S/C38H43N5O4/c1-26(14-19-42-35(44)33-10-5-6-11-34(33)36(42)45)40-17-15-31(16-18-40)43(23-28-9-7-8-27(20-28)22-39)32-13-12-29-24-41(25-30(29)21-32)37(46)47-38(2,3)4/h5-13,20-21,26,31H,14-19,23-25H2,1-4H3. The van der Waals surface area contributed by atoms with Crippen LogP contribution in [0, 0.1) is 11.3 Å². The van der Waals surface area contributed by atoms with Gasteiger partial charge < -0.3 is 14.5 Å². The van der Waals surface area contributed by atoms with Gasteiger partial charge in [-0.3, -0.25) is 19.4 Å². The summed E-state index contributed by atoms with van der Waals surface area (Å²) in [6.45, 7) is 11.8. The Balaban J connectivity index is 1.13. The van der Waals surface area contributed by atoms with Gasteiger partial charge in [-0.1, -0.05) is 30.3 Å². The highest BCUT2D eigenvalue weighted by Gasteiger charge is 2.36. The number of imide groups is 1. The number of ether oxygens (including phenoxy) is 1. The van der Waals surface area contributed by atoms with E-state index in [9.17, 15) is 19.6 Å². The van der Waals surface area contributed by atoms with Crippen molar-refractivity contribution >= 4 is 23.6 Å². The van der Waals surface area contributed by atoms with Crippen molar-refractivity contribution in [3.8, 4) is 6.07 Å². The summed E-state index contributed by atoms with van der Waals surface area (Å²) >= 11 is 0. The predicted molar refractivity (Wildman–Crippen MR) is 180 cm³/mol. The number of anilines is 1. The fourth-order valence-corrected chi connectivity index (χ4v) is 6.96. The first-order valence-corrected chi connectivity index (χ1v) is 16.6. The number of carbonyl (C=O) groups excluding carboxylic acids is 3. The molecule has 244 valence electrons. The molecule has 1 atom stereocenters. The van der Waals surface area contributed by atoms with Crippen molar-refractivity contribution in [1.29, 1.82) is 5.26 Å². The first kappa shape index (κ1) is 32.3. The summed E-state index contributed by atoms with van der Waals surface area (Å²) < 4.78 is 5.64. The van der Waals surface area contributed by atoms with E-state index in [4.69, 9.17) is 4.74 Å². The monoisotopic (exact) mass is 633 g/mol. The van der Waals surface area contributed by atoms with Gasteiger partial charge in [-0.15, -0.1) is 0 Å². The zero-order valence-corrected chi connectivity index (χ0v) is 27.7. The molecule has 1 fully saturated rings. The maximum atomic E-state index is 12.9. The highest BCUT2D eigenvalue weighted by molar-refractivity contribution is 6.21. The predicted octanol–water partition coefficient (Wildman–Crippen LogP) is 6.35. The molecule has 3 aromatic rings. The number of rotatable bonds is 8. The van der Waals surface area contributed by atoms with E-state index in [0.717, 1.165) is 54.7 Å². The number of benzene rings is 3. The topological polar surface area (TPSA) is 97.2 Å². The van der Waals surface area contributed by atoms with Gasteiger partial charge in [0.15, 0.2) is 0 Å². The van der Waals surface area contributed by atoms with Crippen molar-refractivity contribution in [2.45, 2.75) is 84.3 Å². The van der Waals surface area contributed by atoms with E-state index < -0.39 is 5.60 Å². The van der Waals surface area contributed by atoms with Gasteiger partial charge in [0.25, 0.3) is 11.8 Å². The van der Waals surface area contributed by atoms with Crippen LogP contribution >= 0.6 is 0 Å². The lowest BCUT2D eigenvalue weighted by molar-refractivity contribution is 0.0241. The lowest BCUT2D eigenvalue weighted by Crippen LogP contribution is -2.48. The number of piperidine rings is 1. The zero-order chi connectivity index (χ0) is 33.3. The lowest BCUT2D eigenvalue weighted by Gasteiger charge is -2.42. The number of hydrogen-bond donors (Lipinski definition) is 0. The molecule has 9 nitrogen and oxygen atoms in total. The summed E-state index contributed by atoms with van der Waals surface area (Å²) in [5.41, 5.74) is 5.53. The fraction of sp³-hybridized carbons (Fsp3) is 0.421. The van der Waals surface area contributed by atoms with Crippen molar-refractivity contribution in [2.24, 2.45) is 0 Å². The summed E-state index contributed by atoms with van der Waals surface area (Å²) in [5.74, 6) is -0.396. The minimum Gasteiger partial charge on any atom is -0.444 e. The van der Waals surface area contributed by atoms with Crippen LogP contribution in [0.5, 0.6) is 0 Å². The van der Waals surface area contributed by atoms with Crippen LogP contribution in [0.4, 0.5) is 10.5 Å². The van der Waals surface area contributed by atoms with Gasteiger partial charge in [-0.25, -0.2) is 4.79 Å². The molecule has 0 bridgehead atoms. The molecule has 0 aromatic heterocycles. The summed E-state index contributed by atoms with van der Waals surface area (Å²) in [6, 6.07) is 24.1. The summed E-state index contributed by atoms with van der Waals surface area (Å²) in [7, 11) is 0. The zero-order valence-electron chi connectivity index (χ0n) is 27.7. The Labute approximate surface area is 277 Å². The minimum absolute atomic E-state index is 0.198. The number of fused-ring (bicyclic) bond motifs is 2. The number of carbonyl (C=O) groups is 3. The van der Waals surface area contributed by atoms with E-state index in [1.54, 1.807) is 29.2 Å². The fourth-order valence-electron chi connectivity index (χ4n) is 6.96. The van der Waals surface area contributed by atoms with E-state index in [1.807, 2.05) is 39.0 Å². The first-order valence-electron chi connectivity index (χ1n) is 16.6. The van der Waals surface area contributed by atoms with Crippen LogP contribution in [0.2, 0.25) is 0 Å². The van der Waals surface area contributed by atoms with Crippen molar-refractivity contribution in [2.75, 3.05) is 24.5 Å². The molecule has 0 aliphatic carbocycles. The average molecular weight is 634 g/mol. The van der Waals surface area contributed by atoms with Crippen LogP contribution in [0.1, 0.15) is 89.9 Å². The Kier molecular flexibility index (Phi) is 9.07. The number of hydrogen-bond acceptors (Lipinski definition) is 7. The molecule has 0 radical (unpaired) electrons. The van der Waals surface area contributed by atoms with Gasteiger partial charge in [-0.2, -0.15) is 5.26 Å². The molecule has 0 N–H and O–H groups in total. The van der Waals surface area contributed by atoms with Gasteiger partial charge in [-0.05, 0) is 100 Å². The van der Waals surface area contributed by atoms with E-state index in [1.165, 1.54) is 4.90 Å². The molecule has 6 rings (SSSR count). The van der Waals surface area contributed by atoms with Gasteiger partial charge in [0.05, 0.1) is 22.8 Å². The third-order valence-corrected chi connectivity index (χ3v) is 9.52. The third-order valence-electron chi connectivity index (χ3n) is 9.52. The molecule has 3 heterocycles. The van der Waals surface area contributed by atoms with E-state index in [2.05, 4.69) is 47.1 Å². The smallest absolute Gasteiger partial charge is 0.410 e. The molecule has 47 heavy (non-hydrogen) atoms. The van der Waals surface area contributed by atoms with Crippen LogP contribution < -0.4 is 4.90 Å². The van der Waals surface area contributed by atoms with Crippen molar-refractivity contribution in [1.82, 2.24) is 14.7 Å². The molecule has 0 saturated carbocycles. The molecule has 3 amide bonds. The third kappa shape index (κ3) is 7.03. The Hall–Kier alpha value is -4.68. The Morgan fingerprint density at radius 3 is 2.30 bits per heavy atom. The highest BCUT2D eigenvalue weighted by atomic mass is 16.6. The van der Waals surface area contributed by atoms with Crippen molar-refractivity contribution < 1.29 is 19.1 Å². The highest BCUT2D eigenvalue weighted by Crippen LogP contribution is 2.33. The van der Waals surface area contributed by atoms with Crippen LogP contribution in [-0.4, -0.2) is 69.9 Å². The molecular formula is C38H43N5O4. The van der Waals surface area contributed by atoms with E-state index in [0.29, 0.717) is 42.9 Å². The Morgan fingerprint density at radius 1 is 0.957 bits per heavy atom. The molecule has 9 heteroatoms.